The zero-order chi connectivity index (χ0) is 26.9. The molecule has 0 saturated heterocycles. The molecule has 0 spiro atoms. The average molecular weight is 532 g/mol. The molecule has 0 bridgehead atoms. The van der Waals surface area contributed by atoms with Gasteiger partial charge in [-0.3, -0.25) is 0 Å². The van der Waals surface area contributed by atoms with Crippen LogP contribution in [-0.2, 0) is 10.1 Å². The molecule has 0 amide bonds. The predicted molar refractivity (Wildman–Crippen MR) is 133 cm³/mol. The van der Waals surface area contributed by atoms with Crippen molar-refractivity contribution in [2.75, 3.05) is 17.8 Å². The van der Waals surface area contributed by atoms with E-state index in [1.165, 1.54) is 44.8 Å². The standard InChI is InChI=1S/C23H33N3P.CHF3O3S/c1-9-24(10-2)27-25(22-18(5)11-16(3)12-19(22)6)15-26(27)23-20(7)13-17(4)14-21(23)8;2-1(3,4)8(5,6)7/h11-15H,9-10H2,1-8H3;(H,5,6,7)/q+1;/p-1. The highest BCUT2D eigenvalue weighted by atomic mass is 32.2. The van der Waals surface area contributed by atoms with Gasteiger partial charge in [0, 0.05) is 13.1 Å². The van der Waals surface area contributed by atoms with E-state index in [4.69, 9.17) is 13.0 Å². The number of hydrogen-bond acceptors (Lipinski definition) is 4. The molecule has 1 aromatic heterocycles. The summed E-state index contributed by atoms with van der Waals surface area (Å²) in [4.78, 5) is 0. The van der Waals surface area contributed by atoms with Gasteiger partial charge in [0.15, 0.2) is 10.1 Å². The van der Waals surface area contributed by atoms with Gasteiger partial charge in [0.2, 0.25) is 6.33 Å². The van der Waals surface area contributed by atoms with Crippen molar-refractivity contribution < 1.29 is 30.5 Å². The molecule has 2 aromatic carbocycles. The van der Waals surface area contributed by atoms with Crippen LogP contribution in [0.2, 0.25) is 0 Å². The lowest BCUT2D eigenvalue weighted by Crippen LogP contribution is -2.45. The molecule has 35 heavy (non-hydrogen) atoms. The molecule has 194 valence electrons. The first-order chi connectivity index (χ1) is 16.0. The van der Waals surface area contributed by atoms with Gasteiger partial charge in [-0.1, -0.05) is 49.2 Å². The van der Waals surface area contributed by atoms with Crippen LogP contribution in [0.3, 0.4) is 0 Å². The predicted octanol–water partition coefficient (Wildman–Crippen LogP) is 5.62. The summed E-state index contributed by atoms with van der Waals surface area (Å²) in [5.74, 6) is 0. The minimum Gasteiger partial charge on any atom is -0.741 e. The molecule has 11 heteroatoms. The molecule has 0 aliphatic heterocycles. The second-order valence-electron chi connectivity index (χ2n) is 8.61. The number of benzene rings is 2. The molecule has 6 nitrogen and oxygen atoms in total. The van der Waals surface area contributed by atoms with E-state index >= 15 is 0 Å². The molecule has 3 aromatic rings. The van der Waals surface area contributed by atoms with E-state index in [1.807, 2.05) is 0 Å². The van der Waals surface area contributed by atoms with Crippen molar-refractivity contribution >= 4 is 18.1 Å². The van der Waals surface area contributed by atoms with Crippen molar-refractivity contribution in [3.63, 3.8) is 0 Å². The molecular weight excluding hydrogens is 498 g/mol. The highest BCUT2D eigenvalue weighted by Gasteiger charge is 2.37. The Bertz CT molecular complexity index is 1190. The Morgan fingerprint density at radius 1 is 0.886 bits per heavy atom. The second-order valence-corrected chi connectivity index (χ2v) is 11.9. The fourth-order valence-corrected chi connectivity index (χ4v) is 6.85. The van der Waals surface area contributed by atoms with Crippen molar-refractivity contribution in [2.24, 2.45) is 0 Å². The molecule has 1 heterocycles. The van der Waals surface area contributed by atoms with Crippen LogP contribution >= 0.6 is 8.00 Å². The minimum atomic E-state index is -6.09. The van der Waals surface area contributed by atoms with Gasteiger partial charge >= 0.3 is 5.51 Å². The molecule has 0 saturated carbocycles. The number of aromatic nitrogens is 2. The first-order valence-electron chi connectivity index (χ1n) is 11.2. The third kappa shape index (κ3) is 6.36. The summed E-state index contributed by atoms with van der Waals surface area (Å²) in [7, 11) is -6.67. The van der Waals surface area contributed by atoms with Crippen LogP contribution in [0.5, 0.6) is 0 Å². The van der Waals surface area contributed by atoms with Crippen LogP contribution < -0.4 is 9.00 Å². The number of halogens is 3. The summed E-state index contributed by atoms with van der Waals surface area (Å²) < 4.78 is 66.5. The molecular formula is C24H33F3N3O3PS. The van der Waals surface area contributed by atoms with Crippen LogP contribution in [0.25, 0.3) is 11.4 Å². The second kappa shape index (κ2) is 10.9. The first kappa shape index (κ1) is 29.1. The zero-order valence-electron chi connectivity index (χ0n) is 21.4. The van der Waals surface area contributed by atoms with Gasteiger partial charge in [-0.05, 0) is 63.8 Å². The quantitative estimate of drug-likeness (QED) is 0.317. The molecule has 0 atom stereocenters. The normalized spacial score (nSPS) is 12.7. The summed E-state index contributed by atoms with van der Waals surface area (Å²) in [5.41, 5.74) is 5.22. The van der Waals surface area contributed by atoms with Gasteiger partial charge in [0.1, 0.15) is 11.4 Å². The van der Waals surface area contributed by atoms with E-state index < -0.39 is 23.6 Å². The molecule has 0 aliphatic rings. The van der Waals surface area contributed by atoms with Crippen LogP contribution in [0.4, 0.5) is 13.2 Å². The number of aryl methyl sites for hydroxylation is 6. The number of alkyl halides is 3. The highest BCUT2D eigenvalue weighted by Crippen LogP contribution is 2.36. The fraction of sp³-hybridized carbons (Fsp3) is 0.458. The molecule has 0 radical (unpaired) electrons. The fourth-order valence-electron chi connectivity index (χ4n) is 4.36. The topological polar surface area (TPSA) is 69.2 Å². The van der Waals surface area contributed by atoms with Gasteiger partial charge in [-0.25, -0.2) is 13.1 Å². The van der Waals surface area contributed by atoms with E-state index in [1.54, 1.807) is 0 Å². The van der Waals surface area contributed by atoms with Gasteiger partial charge in [0.05, 0.1) is 0 Å². The Labute approximate surface area is 207 Å². The van der Waals surface area contributed by atoms with Gasteiger partial charge < -0.3 is 4.55 Å². The van der Waals surface area contributed by atoms with Crippen LogP contribution in [0.15, 0.2) is 30.6 Å². The average Bonchev–Trinajstić information content (AvgIpc) is 2.67. The Hall–Kier alpha value is -2.13. The lowest BCUT2D eigenvalue weighted by molar-refractivity contribution is -0.542. The third-order valence-corrected chi connectivity index (χ3v) is 8.62. The first-order valence-corrected chi connectivity index (χ1v) is 13.8. The maximum Gasteiger partial charge on any atom is 0.485 e. The van der Waals surface area contributed by atoms with Crippen molar-refractivity contribution in [3.05, 3.63) is 64.0 Å². The van der Waals surface area contributed by atoms with Crippen LogP contribution in [0.1, 0.15) is 47.2 Å². The Morgan fingerprint density at radius 3 is 1.60 bits per heavy atom. The smallest absolute Gasteiger partial charge is 0.485 e. The summed E-state index contributed by atoms with van der Waals surface area (Å²) in [6.07, 6.45) is 2.32. The van der Waals surface area contributed by atoms with E-state index in [0.29, 0.717) is 0 Å². The van der Waals surface area contributed by atoms with Crippen LogP contribution in [0, 0.1) is 41.5 Å². The summed E-state index contributed by atoms with van der Waals surface area (Å²) in [5, 5.41) is 0. The summed E-state index contributed by atoms with van der Waals surface area (Å²) >= 11 is 0. The summed E-state index contributed by atoms with van der Waals surface area (Å²) in [6, 6.07) is 9.21. The third-order valence-electron chi connectivity index (χ3n) is 5.60. The minimum absolute atomic E-state index is 0.580. The van der Waals surface area contributed by atoms with E-state index in [9.17, 15) is 13.2 Å². The number of nitrogens with zero attached hydrogens (tertiary/aromatic N) is 3. The Kier molecular flexibility index (Phi) is 9.03. The monoisotopic (exact) mass is 531 g/mol. The SMILES string of the molecule is CCN(CC)p1n(-c2c(C)cc(C)cc2C)c[n+]1-c1c(C)cc(C)cc1C.O=S(=O)([O-])C(F)(F)F. The molecule has 0 fully saturated rings. The maximum absolute atomic E-state index is 10.7. The number of rotatable bonds is 5. The Morgan fingerprint density at radius 2 is 1.26 bits per heavy atom. The summed E-state index contributed by atoms with van der Waals surface area (Å²) in [6.45, 7) is 20.0. The van der Waals surface area contributed by atoms with E-state index in [2.05, 4.69) is 99.3 Å². The molecule has 3 rings (SSSR count). The van der Waals surface area contributed by atoms with Crippen molar-refractivity contribution in [3.8, 4) is 11.4 Å². The van der Waals surface area contributed by atoms with Crippen molar-refractivity contribution in [2.45, 2.75) is 60.9 Å². The Balaban J connectivity index is 0.000000466. The maximum atomic E-state index is 10.7. The zero-order valence-corrected chi connectivity index (χ0v) is 23.1. The number of hydrogen-bond donors (Lipinski definition) is 0. The lowest BCUT2D eigenvalue weighted by Gasteiger charge is -2.28. The van der Waals surface area contributed by atoms with Crippen molar-refractivity contribution in [1.29, 1.82) is 0 Å². The highest BCUT2D eigenvalue weighted by molar-refractivity contribution is 7.86. The van der Waals surface area contributed by atoms with Crippen LogP contribution in [-0.4, -0.2) is 35.9 Å². The van der Waals surface area contributed by atoms with Crippen molar-refractivity contribution in [1.82, 2.24) is 4.33 Å². The molecule has 0 N–H and O–H groups in total. The molecule has 0 unspecified atom stereocenters. The van der Waals surface area contributed by atoms with Gasteiger partial charge in [0.25, 0.3) is 8.00 Å². The lowest BCUT2D eigenvalue weighted by atomic mass is 10.1. The molecule has 0 aliphatic carbocycles. The van der Waals surface area contributed by atoms with Gasteiger partial charge in [-0.15, -0.1) is 0 Å². The van der Waals surface area contributed by atoms with E-state index in [-0.39, 0.29) is 0 Å². The van der Waals surface area contributed by atoms with Gasteiger partial charge in [-0.2, -0.15) is 21.8 Å². The van der Waals surface area contributed by atoms with E-state index in [0.717, 1.165) is 13.1 Å². The largest absolute Gasteiger partial charge is 0.741 e.